The predicted octanol–water partition coefficient (Wildman–Crippen LogP) is 4.17. The highest BCUT2D eigenvalue weighted by Crippen LogP contribution is 2.27. The van der Waals surface area contributed by atoms with E-state index in [0.29, 0.717) is 13.6 Å². The van der Waals surface area contributed by atoms with E-state index in [1.165, 1.54) is 12.1 Å². The van der Waals surface area contributed by atoms with E-state index in [-0.39, 0.29) is 5.56 Å². The van der Waals surface area contributed by atoms with Crippen molar-refractivity contribution in [2.24, 2.45) is 0 Å². The molecule has 5 nitrogen and oxygen atoms in total. The summed E-state index contributed by atoms with van der Waals surface area (Å²) >= 11 is 13.4. The smallest absolute Gasteiger partial charge is 0.335 e. The van der Waals surface area contributed by atoms with Gasteiger partial charge in [-0.2, -0.15) is 0 Å². The van der Waals surface area contributed by atoms with Crippen molar-refractivity contribution in [3.8, 4) is 0 Å². The Morgan fingerprint density at radius 2 is 1.80 bits per heavy atom. The fourth-order valence-electron chi connectivity index (χ4n) is 0.679. The quantitative estimate of drug-likeness (QED) is 0.258. The lowest BCUT2D eigenvalue weighted by Gasteiger charge is -2.00. The first-order valence-electron chi connectivity index (χ1n) is 3.32. The molecule has 0 radical (unpaired) electrons. The number of hydrogen-bond acceptors (Lipinski definition) is 2. The van der Waals surface area contributed by atoms with Crippen LogP contribution in [0.4, 0.5) is 0 Å². The lowest BCUT2D eigenvalue weighted by atomic mass is 10.2. The number of nitrogens with one attached hydrogen (secondary N) is 1. The minimum Gasteiger partial charge on any atom is -0.478 e. The zero-order chi connectivity index (χ0) is 12.0. The fourth-order valence-corrected chi connectivity index (χ4v) is 1.48. The van der Waals surface area contributed by atoms with Crippen LogP contribution < -0.4 is 0 Å². The average molecular weight is 360 g/mol. The molecule has 0 spiro atoms. The predicted molar refractivity (Wildman–Crippen MR) is 65.6 cm³/mol. The Morgan fingerprint density at radius 3 is 2.07 bits per heavy atom. The minimum absolute atomic E-state index is 0.102. The largest absolute Gasteiger partial charge is 0.478 e. The summed E-state index contributed by atoms with van der Waals surface area (Å²) in [6, 6.07) is 2.75. The molecule has 0 amide bonds. The van der Waals surface area contributed by atoms with Gasteiger partial charge < -0.3 is 5.11 Å². The van der Waals surface area contributed by atoms with Crippen LogP contribution in [0.2, 0.25) is 10.0 Å². The Kier molecular flexibility index (Phi) is 6.42. The van der Waals surface area contributed by atoms with Gasteiger partial charge in [0.2, 0.25) is 0 Å². The molecule has 0 atom stereocenters. The Morgan fingerprint density at radius 1 is 1.47 bits per heavy atom. The van der Waals surface area contributed by atoms with Crippen molar-refractivity contribution in [1.29, 1.82) is 5.53 Å². The van der Waals surface area contributed by atoms with Crippen molar-refractivity contribution >= 4 is 51.8 Å². The van der Waals surface area contributed by atoms with Crippen molar-refractivity contribution in [3.63, 3.8) is 0 Å². The molecule has 0 saturated carbocycles. The van der Waals surface area contributed by atoms with E-state index in [1.807, 2.05) is 22.6 Å². The lowest BCUT2D eigenvalue weighted by Crippen LogP contribution is -1.96. The molecule has 0 aliphatic carbocycles. The number of benzene rings is 1. The highest BCUT2D eigenvalue weighted by Gasteiger charge is 2.09. The van der Waals surface area contributed by atoms with Crippen LogP contribution in [0.15, 0.2) is 12.1 Å². The number of carbonyl (C=O) groups is 1. The summed E-state index contributed by atoms with van der Waals surface area (Å²) in [4.78, 5) is 12.2. The van der Waals surface area contributed by atoms with E-state index in [9.17, 15) is 4.79 Å². The van der Waals surface area contributed by atoms with Gasteiger partial charge >= 0.3 is 5.97 Å². The van der Waals surface area contributed by atoms with E-state index >= 15 is 0 Å². The van der Waals surface area contributed by atoms with Crippen LogP contribution in [0, 0.1) is 9.10 Å². The fraction of sp³-hybridized carbons (Fsp3) is 0. The standard InChI is InChI=1S/C7H3Cl2IO2.HN3/c8-4-1-3(7(11)12)2-5(9)6(4)10;1-3-2/h1-2H,(H,11,12);1H. The minimum atomic E-state index is -1.03. The van der Waals surface area contributed by atoms with Crippen molar-refractivity contribution in [2.75, 3.05) is 0 Å². The molecule has 0 unspecified atom stereocenters. The summed E-state index contributed by atoms with van der Waals surface area (Å²) in [7, 11) is 0. The molecule has 0 aromatic heterocycles. The highest BCUT2D eigenvalue weighted by atomic mass is 127. The maximum Gasteiger partial charge on any atom is 0.335 e. The number of hydrogen-bond donors (Lipinski definition) is 2. The van der Waals surface area contributed by atoms with Gasteiger partial charge in [-0.05, 0) is 45.2 Å². The first-order chi connectivity index (χ1) is 6.93. The molecule has 2 N–H and O–H groups in total. The monoisotopic (exact) mass is 359 g/mol. The van der Waals surface area contributed by atoms with E-state index in [1.54, 1.807) is 4.91 Å². The van der Waals surface area contributed by atoms with Gasteiger partial charge in [-0.1, -0.05) is 23.2 Å². The molecule has 1 aromatic carbocycles. The number of carboxylic acid groups (broad SMARTS) is 1. The van der Waals surface area contributed by atoms with Crippen LogP contribution in [-0.2, 0) is 0 Å². The lowest BCUT2D eigenvalue weighted by molar-refractivity contribution is 0.0697. The third-order valence-corrected chi connectivity index (χ3v) is 3.63. The molecular formula is C7H4Cl2IN3O2. The number of rotatable bonds is 1. The zero-order valence-electron chi connectivity index (χ0n) is 7.04. The first kappa shape index (κ1) is 14.3. The maximum absolute atomic E-state index is 10.5. The second kappa shape index (κ2) is 6.73. The molecule has 0 heterocycles. The zero-order valence-corrected chi connectivity index (χ0v) is 10.7. The average Bonchev–Trinajstić information content (AvgIpc) is 2.14. The van der Waals surface area contributed by atoms with Gasteiger partial charge in [-0.3, -0.25) is 0 Å². The van der Waals surface area contributed by atoms with Gasteiger partial charge in [-0.25, -0.2) is 4.79 Å². The third-order valence-electron chi connectivity index (χ3n) is 1.23. The molecule has 1 aromatic rings. The Hall–Kier alpha value is -0.690. The summed E-state index contributed by atoms with van der Waals surface area (Å²) in [6.45, 7) is 0. The summed E-state index contributed by atoms with van der Waals surface area (Å²) in [5, 5.41) is 9.33. The molecular weight excluding hydrogens is 356 g/mol. The maximum atomic E-state index is 10.5. The topological polar surface area (TPSA) is 97.5 Å². The van der Waals surface area contributed by atoms with Gasteiger partial charge in [-0.15, -0.1) is 5.53 Å². The van der Waals surface area contributed by atoms with Crippen molar-refractivity contribution in [3.05, 3.63) is 41.8 Å². The van der Waals surface area contributed by atoms with Crippen LogP contribution >= 0.6 is 45.8 Å². The number of aromatic carboxylic acids is 1. The van der Waals surface area contributed by atoms with Crippen LogP contribution in [0.25, 0.3) is 10.4 Å². The molecule has 0 aliphatic heterocycles. The highest BCUT2D eigenvalue weighted by molar-refractivity contribution is 14.1. The molecule has 0 bridgehead atoms. The molecule has 0 fully saturated rings. The molecule has 0 saturated heterocycles. The summed E-state index contributed by atoms with van der Waals surface area (Å²) in [5.41, 5.74) is 12.4. The van der Waals surface area contributed by atoms with Gasteiger partial charge in [0.1, 0.15) is 0 Å². The van der Waals surface area contributed by atoms with E-state index in [0.717, 1.165) is 0 Å². The SMILES string of the molecule is O=C(O)c1cc(Cl)c(I)c(Cl)c1.[N-]=[N+]=N. The van der Waals surface area contributed by atoms with E-state index in [2.05, 4.69) is 0 Å². The summed E-state index contributed by atoms with van der Waals surface area (Å²) in [5.74, 6) is -1.03. The van der Waals surface area contributed by atoms with Crippen LogP contribution in [0.5, 0.6) is 0 Å². The van der Waals surface area contributed by atoms with Crippen molar-refractivity contribution < 1.29 is 9.90 Å². The molecule has 8 heteroatoms. The second-order valence-corrected chi connectivity index (χ2v) is 4.05. The Bertz CT molecular complexity index is 396. The van der Waals surface area contributed by atoms with Crippen molar-refractivity contribution in [2.45, 2.75) is 0 Å². The number of carboxylic acids is 1. The van der Waals surface area contributed by atoms with Gasteiger partial charge in [0.05, 0.1) is 19.2 Å². The van der Waals surface area contributed by atoms with Crippen LogP contribution in [0.1, 0.15) is 10.4 Å². The number of nitrogens with zero attached hydrogens (tertiary/aromatic N) is 2. The molecule has 0 aliphatic rings. The normalized spacial score (nSPS) is 8.47. The number of halogens is 3. The van der Waals surface area contributed by atoms with Gasteiger partial charge in [0, 0.05) is 0 Å². The molecule has 80 valence electrons. The van der Waals surface area contributed by atoms with Gasteiger partial charge in [0.25, 0.3) is 0 Å². The Labute approximate surface area is 109 Å². The summed E-state index contributed by atoms with van der Waals surface area (Å²) < 4.78 is 0.668. The summed E-state index contributed by atoms with van der Waals surface area (Å²) in [6.07, 6.45) is 0. The molecule has 15 heavy (non-hydrogen) atoms. The second-order valence-electron chi connectivity index (χ2n) is 2.16. The first-order valence-corrected chi connectivity index (χ1v) is 5.16. The van der Waals surface area contributed by atoms with E-state index < -0.39 is 5.97 Å². The van der Waals surface area contributed by atoms with Crippen molar-refractivity contribution in [1.82, 2.24) is 0 Å². The molecule has 1 rings (SSSR count). The van der Waals surface area contributed by atoms with Crippen LogP contribution in [-0.4, -0.2) is 11.1 Å². The van der Waals surface area contributed by atoms with E-state index in [4.69, 9.17) is 39.4 Å². The Balaban J connectivity index is 0.000000583. The van der Waals surface area contributed by atoms with Gasteiger partial charge in [0.15, 0.2) is 0 Å². The third kappa shape index (κ3) is 4.57. The van der Waals surface area contributed by atoms with Crippen LogP contribution in [0.3, 0.4) is 0 Å².